The van der Waals surface area contributed by atoms with E-state index in [1.807, 2.05) is 76.2 Å². The Kier molecular flexibility index (Phi) is 8.63. The molecule has 3 aromatic carbocycles. The van der Waals surface area contributed by atoms with E-state index in [1.165, 1.54) is 17.0 Å². The highest BCUT2D eigenvalue weighted by Crippen LogP contribution is 2.18. The lowest BCUT2D eigenvalue weighted by atomic mass is 10.0. The van der Waals surface area contributed by atoms with Gasteiger partial charge in [-0.15, -0.1) is 0 Å². The Bertz CT molecular complexity index is 1120. The summed E-state index contributed by atoms with van der Waals surface area (Å²) >= 11 is 0. The molecule has 1 N–H and O–H groups in total. The molecule has 0 fully saturated rings. The highest BCUT2D eigenvalue weighted by atomic mass is 19.1. The number of nitrogens with zero attached hydrogens (tertiary/aromatic N) is 1. The van der Waals surface area contributed by atoms with Crippen LogP contribution in [0.1, 0.15) is 37.5 Å². The van der Waals surface area contributed by atoms with E-state index in [4.69, 9.17) is 4.74 Å². The molecule has 184 valence electrons. The predicted molar refractivity (Wildman–Crippen MR) is 135 cm³/mol. The number of ether oxygens (including phenoxy) is 1. The molecule has 0 radical (unpaired) electrons. The summed E-state index contributed by atoms with van der Waals surface area (Å²) in [5.74, 6) is -0.368. The van der Waals surface area contributed by atoms with Crippen LogP contribution in [0.2, 0.25) is 0 Å². The van der Waals surface area contributed by atoms with Crippen molar-refractivity contribution in [2.45, 2.75) is 52.2 Å². The van der Waals surface area contributed by atoms with Crippen LogP contribution >= 0.6 is 0 Å². The molecule has 0 bridgehead atoms. The third-order valence-corrected chi connectivity index (χ3v) is 5.39. The van der Waals surface area contributed by atoms with Crippen LogP contribution in [-0.4, -0.2) is 34.9 Å². The summed E-state index contributed by atoms with van der Waals surface area (Å²) in [6, 6.07) is 22.2. The molecule has 0 spiro atoms. The number of carbonyl (C=O) groups is 2. The fourth-order valence-corrected chi connectivity index (χ4v) is 3.73. The molecule has 0 saturated carbocycles. The Balaban J connectivity index is 1.92. The highest BCUT2D eigenvalue weighted by Gasteiger charge is 2.32. The molecule has 0 aliphatic carbocycles. The standard InChI is InChI=1S/C29H33FN2O3/c1-21-9-8-12-25(17-21)35-20-27(33)32(19-23-13-15-24(30)16-14-23)26(28(34)31-29(2,3)4)18-22-10-6-5-7-11-22/h5-17,26H,18-20H2,1-4H3,(H,31,34). The average molecular weight is 477 g/mol. The molecule has 3 aromatic rings. The summed E-state index contributed by atoms with van der Waals surface area (Å²) in [6.45, 7) is 7.57. The molecule has 0 aliphatic rings. The number of hydrogen-bond acceptors (Lipinski definition) is 3. The number of halogens is 1. The van der Waals surface area contributed by atoms with Crippen molar-refractivity contribution in [2.75, 3.05) is 6.61 Å². The van der Waals surface area contributed by atoms with Crippen molar-refractivity contribution in [3.63, 3.8) is 0 Å². The summed E-state index contributed by atoms with van der Waals surface area (Å²) in [5, 5.41) is 3.02. The summed E-state index contributed by atoms with van der Waals surface area (Å²) in [7, 11) is 0. The maximum absolute atomic E-state index is 13.5. The molecule has 3 rings (SSSR count). The van der Waals surface area contributed by atoms with E-state index in [-0.39, 0.29) is 30.8 Å². The van der Waals surface area contributed by atoms with Gasteiger partial charge in [0, 0.05) is 18.5 Å². The topological polar surface area (TPSA) is 58.6 Å². The second-order valence-electron chi connectivity index (χ2n) is 9.70. The number of carbonyl (C=O) groups excluding carboxylic acids is 2. The van der Waals surface area contributed by atoms with Crippen molar-refractivity contribution < 1.29 is 18.7 Å². The smallest absolute Gasteiger partial charge is 0.261 e. The van der Waals surface area contributed by atoms with Crippen LogP contribution < -0.4 is 10.1 Å². The van der Waals surface area contributed by atoms with Crippen LogP contribution in [-0.2, 0) is 22.6 Å². The van der Waals surface area contributed by atoms with E-state index in [1.54, 1.807) is 18.2 Å². The lowest BCUT2D eigenvalue weighted by Crippen LogP contribution is -2.55. The minimum Gasteiger partial charge on any atom is -0.484 e. The zero-order valence-electron chi connectivity index (χ0n) is 20.8. The van der Waals surface area contributed by atoms with E-state index in [2.05, 4.69) is 5.32 Å². The molecule has 0 heterocycles. The third kappa shape index (κ3) is 8.25. The van der Waals surface area contributed by atoms with Crippen LogP contribution in [0.25, 0.3) is 0 Å². The van der Waals surface area contributed by atoms with E-state index >= 15 is 0 Å². The summed E-state index contributed by atoms with van der Waals surface area (Å²) in [4.78, 5) is 28.5. The fraction of sp³-hybridized carbons (Fsp3) is 0.310. The Morgan fingerprint density at radius 2 is 1.63 bits per heavy atom. The highest BCUT2D eigenvalue weighted by molar-refractivity contribution is 5.89. The summed E-state index contributed by atoms with van der Waals surface area (Å²) in [5.41, 5.74) is 2.19. The average Bonchev–Trinajstić information content (AvgIpc) is 2.80. The molecule has 0 saturated heterocycles. The van der Waals surface area contributed by atoms with E-state index in [9.17, 15) is 14.0 Å². The van der Waals surface area contributed by atoms with Crippen molar-refractivity contribution in [1.29, 1.82) is 0 Å². The van der Waals surface area contributed by atoms with Gasteiger partial charge in [-0.05, 0) is 68.7 Å². The molecule has 35 heavy (non-hydrogen) atoms. The molecule has 0 aliphatic heterocycles. The van der Waals surface area contributed by atoms with Gasteiger partial charge in [0.25, 0.3) is 5.91 Å². The monoisotopic (exact) mass is 476 g/mol. The molecule has 0 aromatic heterocycles. The van der Waals surface area contributed by atoms with Crippen molar-refractivity contribution >= 4 is 11.8 Å². The number of aryl methyl sites for hydroxylation is 1. The van der Waals surface area contributed by atoms with Crippen LogP contribution in [0.4, 0.5) is 4.39 Å². The van der Waals surface area contributed by atoms with Gasteiger partial charge in [-0.25, -0.2) is 4.39 Å². The second kappa shape index (κ2) is 11.6. The number of benzene rings is 3. The largest absolute Gasteiger partial charge is 0.484 e. The Hall–Kier alpha value is -3.67. The van der Waals surface area contributed by atoms with Crippen LogP contribution in [0.15, 0.2) is 78.9 Å². The first-order valence-corrected chi connectivity index (χ1v) is 11.7. The van der Waals surface area contributed by atoms with Gasteiger partial charge in [0.1, 0.15) is 17.6 Å². The van der Waals surface area contributed by atoms with E-state index in [0.717, 1.165) is 16.7 Å². The molecule has 2 amide bonds. The minimum absolute atomic E-state index is 0.144. The van der Waals surface area contributed by atoms with Gasteiger partial charge < -0.3 is 15.0 Å². The van der Waals surface area contributed by atoms with Gasteiger partial charge in [-0.1, -0.05) is 54.6 Å². The van der Waals surface area contributed by atoms with E-state index < -0.39 is 11.6 Å². The molecular formula is C29H33FN2O3. The van der Waals surface area contributed by atoms with Gasteiger partial charge in [0.05, 0.1) is 0 Å². The normalized spacial score (nSPS) is 12.0. The van der Waals surface area contributed by atoms with E-state index in [0.29, 0.717) is 12.2 Å². The molecule has 6 heteroatoms. The number of rotatable bonds is 9. The fourth-order valence-electron chi connectivity index (χ4n) is 3.73. The summed E-state index contributed by atoms with van der Waals surface area (Å²) in [6.07, 6.45) is 0.333. The maximum atomic E-state index is 13.5. The number of nitrogens with one attached hydrogen (secondary N) is 1. The zero-order valence-corrected chi connectivity index (χ0v) is 20.8. The molecular weight excluding hydrogens is 443 g/mol. The Morgan fingerprint density at radius 3 is 2.26 bits per heavy atom. The first kappa shape index (κ1) is 25.9. The van der Waals surface area contributed by atoms with Crippen LogP contribution in [0.5, 0.6) is 5.75 Å². The van der Waals surface area contributed by atoms with Crippen molar-refractivity contribution in [2.24, 2.45) is 0 Å². The van der Waals surface area contributed by atoms with Crippen molar-refractivity contribution in [3.05, 3.63) is 101 Å². The van der Waals surface area contributed by atoms with Gasteiger partial charge in [-0.2, -0.15) is 0 Å². The Morgan fingerprint density at radius 1 is 0.943 bits per heavy atom. The molecule has 1 unspecified atom stereocenters. The van der Waals surface area contributed by atoms with Gasteiger partial charge in [0.2, 0.25) is 5.91 Å². The first-order chi connectivity index (χ1) is 16.6. The second-order valence-corrected chi connectivity index (χ2v) is 9.70. The van der Waals surface area contributed by atoms with Gasteiger partial charge in [0.15, 0.2) is 6.61 Å². The zero-order chi connectivity index (χ0) is 25.4. The van der Waals surface area contributed by atoms with Crippen LogP contribution in [0, 0.1) is 12.7 Å². The first-order valence-electron chi connectivity index (χ1n) is 11.7. The third-order valence-electron chi connectivity index (χ3n) is 5.39. The van der Waals surface area contributed by atoms with Gasteiger partial charge in [-0.3, -0.25) is 9.59 Å². The predicted octanol–water partition coefficient (Wildman–Crippen LogP) is 5.07. The Labute approximate surface area is 206 Å². The lowest BCUT2D eigenvalue weighted by Gasteiger charge is -2.33. The maximum Gasteiger partial charge on any atom is 0.261 e. The van der Waals surface area contributed by atoms with Crippen LogP contribution in [0.3, 0.4) is 0 Å². The number of hydrogen-bond donors (Lipinski definition) is 1. The molecule has 1 atom stereocenters. The summed E-state index contributed by atoms with van der Waals surface area (Å²) < 4.78 is 19.3. The molecule has 5 nitrogen and oxygen atoms in total. The SMILES string of the molecule is Cc1cccc(OCC(=O)N(Cc2ccc(F)cc2)C(Cc2ccccc2)C(=O)NC(C)(C)C)c1. The van der Waals surface area contributed by atoms with Gasteiger partial charge >= 0.3 is 0 Å². The quantitative estimate of drug-likeness (QED) is 0.469. The minimum atomic E-state index is -0.782. The van der Waals surface area contributed by atoms with Crippen molar-refractivity contribution in [3.8, 4) is 5.75 Å². The lowest BCUT2D eigenvalue weighted by molar-refractivity contribution is -0.143. The number of amides is 2. The van der Waals surface area contributed by atoms with Crippen molar-refractivity contribution in [1.82, 2.24) is 10.2 Å².